The number of ether oxygens (including phenoxy) is 1. The fourth-order valence-corrected chi connectivity index (χ4v) is 4.42. The first-order chi connectivity index (χ1) is 14.5. The first kappa shape index (κ1) is 19.4. The molecule has 0 bridgehead atoms. The lowest BCUT2D eigenvalue weighted by atomic mass is 10.0. The topological polar surface area (TPSA) is 71.9 Å². The van der Waals surface area contributed by atoms with Crippen molar-refractivity contribution in [1.82, 2.24) is 29.6 Å². The SMILES string of the molecule is COc1ccc(-c2nn(C)c3c2CN(Cc2nc4nc(Cl)ccc4[nH]2)CC3)c(Cl)c1. The van der Waals surface area contributed by atoms with Crippen molar-refractivity contribution in [2.45, 2.75) is 19.5 Å². The predicted octanol–water partition coefficient (Wildman–Crippen LogP) is 4.23. The summed E-state index contributed by atoms with van der Waals surface area (Å²) in [5.74, 6) is 1.60. The summed E-state index contributed by atoms with van der Waals surface area (Å²) in [5.41, 5.74) is 5.81. The number of fused-ring (bicyclic) bond motifs is 2. The van der Waals surface area contributed by atoms with Crippen molar-refractivity contribution in [3.8, 4) is 17.0 Å². The summed E-state index contributed by atoms with van der Waals surface area (Å²) in [6.07, 6.45) is 0.914. The Bertz CT molecular complexity index is 1250. The minimum atomic E-state index is 0.444. The molecule has 1 aliphatic heterocycles. The van der Waals surface area contributed by atoms with E-state index in [4.69, 9.17) is 33.0 Å². The fourth-order valence-electron chi connectivity index (χ4n) is 4.02. The monoisotopic (exact) mass is 442 g/mol. The third kappa shape index (κ3) is 3.43. The van der Waals surface area contributed by atoms with E-state index in [1.807, 2.05) is 36.0 Å². The van der Waals surface area contributed by atoms with Crippen LogP contribution >= 0.6 is 23.2 Å². The predicted molar refractivity (Wildman–Crippen MR) is 117 cm³/mol. The Morgan fingerprint density at radius 3 is 2.83 bits per heavy atom. The van der Waals surface area contributed by atoms with Crippen LogP contribution in [0.2, 0.25) is 10.2 Å². The molecule has 0 fully saturated rings. The van der Waals surface area contributed by atoms with E-state index in [9.17, 15) is 0 Å². The number of halogens is 2. The highest BCUT2D eigenvalue weighted by molar-refractivity contribution is 6.33. The molecule has 1 N–H and O–H groups in total. The lowest BCUT2D eigenvalue weighted by Gasteiger charge is -2.26. The van der Waals surface area contributed by atoms with Crippen LogP contribution in [0, 0.1) is 0 Å². The number of H-pyrrole nitrogens is 1. The molecule has 0 unspecified atom stereocenters. The number of rotatable bonds is 4. The molecule has 3 aromatic heterocycles. The number of nitrogens with one attached hydrogen (secondary N) is 1. The Hall–Kier alpha value is -2.61. The average Bonchev–Trinajstić information content (AvgIpc) is 3.27. The van der Waals surface area contributed by atoms with Gasteiger partial charge in [0.25, 0.3) is 0 Å². The third-order valence-corrected chi connectivity index (χ3v) is 6.01. The molecular formula is C21H20Cl2N6O. The number of aryl methyl sites for hydroxylation is 1. The molecular weight excluding hydrogens is 423 g/mol. The van der Waals surface area contributed by atoms with Gasteiger partial charge in [0.1, 0.15) is 16.7 Å². The van der Waals surface area contributed by atoms with Crippen LogP contribution in [0.4, 0.5) is 0 Å². The van der Waals surface area contributed by atoms with E-state index in [0.717, 1.165) is 47.9 Å². The van der Waals surface area contributed by atoms with Gasteiger partial charge in [-0.1, -0.05) is 23.2 Å². The molecule has 1 aromatic carbocycles. The molecule has 4 aromatic rings. The zero-order valence-electron chi connectivity index (χ0n) is 16.6. The smallest absolute Gasteiger partial charge is 0.179 e. The minimum absolute atomic E-state index is 0.444. The van der Waals surface area contributed by atoms with Crippen molar-refractivity contribution in [2.75, 3.05) is 13.7 Å². The summed E-state index contributed by atoms with van der Waals surface area (Å²) in [4.78, 5) is 14.6. The Kier molecular flexibility index (Phi) is 4.89. The number of imidazole rings is 1. The fraction of sp³-hybridized carbons (Fsp3) is 0.286. The Morgan fingerprint density at radius 2 is 2.03 bits per heavy atom. The van der Waals surface area contributed by atoms with Crippen LogP contribution in [0.1, 0.15) is 17.1 Å². The molecule has 154 valence electrons. The van der Waals surface area contributed by atoms with E-state index in [1.54, 1.807) is 13.2 Å². The molecule has 0 atom stereocenters. The molecule has 0 aliphatic carbocycles. The van der Waals surface area contributed by atoms with Gasteiger partial charge in [0.15, 0.2) is 5.65 Å². The number of hydrogen-bond donors (Lipinski definition) is 1. The van der Waals surface area contributed by atoms with Gasteiger partial charge in [0.2, 0.25) is 0 Å². The Morgan fingerprint density at radius 1 is 1.17 bits per heavy atom. The summed E-state index contributed by atoms with van der Waals surface area (Å²) >= 11 is 12.5. The molecule has 4 heterocycles. The summed E-state index contributed by atoms with van der Waals surface area (Å²) in [7, 11) is 3.62. The molecule has 0 radical (unpaired) electrons. The number of aromatic nitrogens is 5. The van der Waals surface area contributed by atoms with Gasteiger partial charge >= 0.3 is 0 Å². The van der Waals surface area contributed by atoms with Gasteiger partial charge in [-0.05, 0) is 30.3 Å². The van der Waals surface area contributed by atoms with Gasteiger partial charge in [-0.2, -0.15) is 5.10 Å². The highest BCUT2D eigenvalue weighted by Gasteiger charge is 2.26. The Balaban J connectivity index is 1.44. The number of aromatic amines is 1. The number of nitrogens with zero attached hydrogens (tertiary/aromatic N) is 5. The second-order valence-electron chi connectivity index (χ2n) is 7.39. The maximum Gasteiger partial charge on any atom is 0.179 e. The lowest BCUT2D eigenvalue weighted by molar-refractivity contribution is 0.238. The van der Waals surface area contributed by atoms with E-state index in [0.29, 0.717) is 22.4 Å². The summed E-state index contributed by atoms with van der Waals surface area (Å²) in [5, 5.41) is 5.86. The largest absolute Gasteiger partial charge is 0.497 e. The molecule has 0 saturated carbocycles. The molecule has 30 heavy (non-hydrogen) atoms. The second-order valence-corrected chi connectivity index (χ2v) is 8.19. The van der Waals surface area contributed by atoms with Crippen molar-refractivity contribution >= 4 is 34.4 Å². The summed E-state index contributed by atoms with van der Waals surface area (Å²) in [6.45, 7) is 2.39. The van der Waals surface area contributed by atoms with Crippen LogP contribution in [0.3, 0.4) is 0 Å². The van der Waals surface area contributed by atoms with Crippen LogP contribution in [-0.4, -0.2) is 43.3 Å². The first-order valence-electron chi connectivity index (χ1n) is 9.64. The van der Waals surface area contributed by atoms with Crippen molar-refractivity contribution in [2.24, 2.45) is 7.05 Å². The number of hydrogen-bond acceptors (Lipinski definition) is 5. The number of pyridine rings is 1. The molecule has 0 spiro atoms. The van der Waals surface area contributed by atoms with E-state index in [2.05, 4.69) is 19.9 Å². The number of methoxy groups -OCH3 is 1. The maximum atomic E-state index is 6.54. The Labute approximate surface area is 183 Å². The summed E-state index contributed by atoms with van der Waals surface area (Å²) in [6, 6.07) is 9.37. The lowest BCUT2D eigenvalue weighted by Crippen LogP contribution is -2.31. The van der Waals surface area contributed by atoms with Crippen molar-refractivity contribution < 1.29 is 4.74 Å². The molecule has 0 saturated heterocycles. The van der Waals surface area contributed by atoms with E-state index in [1.165, 1.54) is 11.3 Å². The van der Waals surface area contributed by atoms with Gasteiger partial charge in [-0.15, -0.1) is 0 Å². The molecule has 0 amide bonds. The van der Waals surface area contributed by atoms with E-state index < -0.39 is 0 Å². The van der Waals surface area contributed by atoms with Gasteiger partial charge < -0.3 is 9.72 Å². The zero-order chi connectivity index (χ0) is 20.8. The minimum Gasteiger partial charge on any atom is -0.497 e. The standard InChI is InChI=1S/C21H20Cl2N6O/c1-28-17-7-8-29(11-19-24-16-5-6-18(23)25-21(16)26-19)10-14(17)20(27-28)13-4-3-12(30-2)9-15(13)22/h3-6,9H,7-8,10-11H2,1-2H3,(H,24,25,26). The zero-order valence-corrected chi connectivity index (χ0v) is 18.1. The molecule has 5 rings (SSSR count). The van der Waals surface area contributed by atoms with Gasteiger partial charge in [0, 0.05) is 43.4 Å². The van der Waals surface area contributed by atoms with Crippen molar-refractivity contribution in [1.29, 1.82) is 0 Å². The van der Waals surface area contributed by atoms with Crippen LogP contribution in [-0.2, 0) is 26.6 Å². The van der Waals surface area contributed by atoms with E-state index in [-0.39, 0.29) is 0 Å². The molecule has 1 aliphatic rings. The molecule has 9 heteroatoms. The van der Waals surface area contributed by atoms with Gasteiger partial charge in [-0.3, -0.25) is 9.58 Å². The summed E-state index contributed by atoms with van der Waals surface area (Å²) < 4.78 is 7.25. The second kappa shape index (κ2) is 7.58. The average molecular weight is 443 g/mol. The first-order valence-corrected chi connectivity index (χ1v) is 10.4. The molecule has 7 nitrogen and oxygen atoms in total. The third-order valence-electron chi connectivity index (χ3n) is 5.49. The normalized spacial score (nSPS) is 14.3. The van der Waals surface area contributed by atoms with Gasteiger partial charge in [0.05, 0.1) is 29.9 Å². The van der Waals surface area contributed by atoms with Crippen LogP contribution in [0.5, 0.6) is 5.75 Å². The van der Waals surface area contributed by atoms with E-state index >= 15 is 0 Å². The van der Waals surface area contributed by atoms with Crippen LogP contribution in [0.15, 0.2) is 30.3 Å². The van der Waals surface area contributed by atoms with Crippen LogP contribution < -0.4 is 4.74 Å². The highest BCUT2D eigenvalue weighted by Crippen LogP contribution is 2.35. The maximum absolute atomic E-state index is 6.54. The van der Waals surface area contributed by atoms with Crippen molar-refractivity contribution in [3.05, 3.63) is 57.6 Å². The number of benzene rings is 1. The quantitative estimate of drug-likeness (QED) is 0.478. The van der Waals surface area contributed by atoms with Crippen molar-refractivity contribution in [3.63, 3.8) is 0 Å². The van der Waals surface area contributed by atoms with Crippen LogP contribution in [0.25, 0.3) is 22.4 Å². The highest BCUT2D eigenvalue weighted by atomic mass is 35.5. The van der Waals surface area contributed by atoms with Gasteiger partial charge in [-0.25, -0.2) is 9.97 Å².